The molecule has 176 valence electrons. The lowest BCUT2D eigenvalue weighted by atomic mass is 10.1. The second-order valence-corrected chi connectivity index (χ2v) is 10.7. The van der Waals surface area contributed by atoms with Crippen LogP contribution in [-0.4, -0.2) is 57.8 Å². The molecule has 0 bridgehead atoms. The minimum Gasteiger partial charge on any atom is -0.494 e. The maximum atomic E-state index is 12.8. The van der Waals surface area contributed by atoms with Gasteiger partial charge in [-0.2, -0.15) is 0 Å². The van der Waals surface area contributed by atoms with Gasteiger partial charge in [-0.1, -0.05) is 24.4 Å². The zero-order chi connectivity index (χ0) is 23.0. The Morgan fingerprint density at radius 3 is 2.44 bits per heavy atom. The number of aliphatic hydroxyl groups excluding tert-OH is 1. The van der Waals surface area contributed by atoms with Crippen LogP contribution in [-0.2, 0) is 10.0 Å². The summed E-state index contributed by atoms with van der Waals surface area (Å²) < 4.78 is 32.6. The molecular formula is C24H33ClN2O4S. The summed E-state index contributed by atoms with van der Waals surface area (Å²) in [4.78, 5) is 2.55. The minimum atomic E-state index is -3.65. The third kappa shape index (κ3) is 7.10. The highest BCUT2D eigenvalue weighted by atomic mass is 35.5. The number of hydrogen-bond donors (Lipinski definition) is 1. The van der Waals surface area contributed by atoms with Crippen LogP contribution in [0.15, 0.2) is 53.4 Å². The first kappa shape index (κ1) is 24.8. The largest absolute Gasteiger partial charge is 0.494 e. The van der Waals surface area contributed by atoms with Gasteiger partial charge in [-0.15, -0.1) is 0 Å². The van der Waals surface area contributed by atoms with Crippen molar-refractivity contribution < 1.29 is 18.3 Å². The van der Waals surface area contributed by atoms with Crippen molar-refractivity contribution >= 4 is 27.3 Å². The van der Waals surface area contributed by atoms with Gasteiger partial charge < -0.3 is 14.7 Å². The van der Waals surface area contributed by atoms with Crippen molar-refractivity contribution in [2.45, 2.75) is 49.5 Å². The smallest absolute Gasteiger partial charge is 0.264 e. The van der Waals surface area contributed by atoms with Crippen LogP contribution in [0.4, 0.5) is 5.69 Å². The van der Waals surface area contributed by atoms with Crippen molar-refractivity contribution in [3.05, 3.63) is 53.6 Å². The van der Waals surface area contributed by atoms with Crippen LogP contribution < -0.4 is 9.04 Å². The van der Waals surface area contributed by atoms with Crippen LogP contribution in [0.5, 0.6) is 5.75 Å². The Morgan fingerprint density at radius 2 is 1.75 bits per heavy atom. The highest BCUT2D eigenvalue weighted by Crippen LogP contribution is 2.25. The summed E-state index contributed by atoms with van der Waals surface area (Å²) in [5.41, 5.74) is 0.565. The molecule has 0 radical (unpaired) electrons. The van der Waals surface area contributed by atoms with E-state index in [1.165, 1.54) is 23.5 Å². The molecule has 1 fully saturated rings. The molecule has 1 N–H and O–H groups in total. The molecular weight excluding hydrogens is 448 g/mol. The van der Waals surface area contributed by atoms with Crippen molar-refractivity contribution in [2.24, 2.45) is 0 Å². The van der Waals surface area contributed by atoms with E-state index in [2.05, 4.69) is 4.90 Å². The topological polar surface area (TPSA) is 70.1 Å². The van der Waals surface area contributed by atoms with Gasteiger partial charge >= 0.3 is 0 Å². The molecule has 0 aromatic heterocycles. The molecule has 0 saturated carbocycles. The molecule has 1 atom stereocenters. The van der Waals surface area contributed by atoms with Gasteiger partial charge in [0.2, 0.25) is 0 Å². The molecule has 0 aliphatic carbocycles. The number of piperidine rings is 1. The normalized spacial score (nSPS) is 17.3. The van der Waals surface area contributed by atoms with E-state index in [-0.39, 0.29) is 11.0 Å². The summed E-state index contributed by atoms with van der Waals surface area (Å²) in [5, 5.41) is 10.2. The molecule has 1 unspecified atom stereocenters. The van der Waals surface area contributed by atoms with Crippen molar-refractivity contribution in [3.8, 4) is 5.75 Å². The Kier molecular flexibility index (Phi) is 9.22. The number of aliphatic hydroxyl groups is 1. The van der Waals surface area contributed by atoms with Crippen molar-refractivity contribution in [1.29, 1.82) is 0 Å². The van der Waals surface area contributed by atoms with Crippen molar-refractivity contribution in [3.63, 3.8) is 0 Å². The van der Waals surface area contributed by atoms with Crippen LogP contribution >= 0.6 is 11.6 Å². The van der Waals surface area contributed by atoms with Gasteiger partial charge in [-0.05, 0) is 87.3 Å². The van der Waals surface area contributed by atoms with Gasteiger partial charge in [0.1, 0.15) is 5.75 Å². The lowest BCUT2D eigenvalue weighted by Crippen LogP contribution is -2.38. The highest BCUT2D eigenvalue weighted by Gasteiger charge is 2.21. The monoisotopic (exact) mass is 480 g/mol. The molecule has 1 saturated heterocycles. The first-order valence-electron chi connectivity index (χ1n) is 11.2. The zero-order valence-corrected chi connectivity index (χ0v) is 20.2. The Balaban J connectivity index is 1.37. The fourth-order valence-corrected chi connectivity index (χ4v) is 5.19. The predicted octanol–water partition coefficient (Wildman–Crippen LogP) is 4.56. The van der Waals surface area contributed by atoms with Gasteiger partial charge in [0.05, 0.1) is 23.3 Å². The van der Waals surface area contributed by atoms with Crippen molar-refractivity contribution in [2.75, 3.05) is 37.6 Å². The maximum absolute atomic E-state index is 12.8. The predicted molar refractivity (Wildman–Crippen MR) is 129 cm³/mol. The quantitative estimate of drug-likeness (QED) is 0.477. The summed E-state index contributed by atoms with van der Waals surface area (Å²) in [6, 6.07) is 13.2. The van der Waals surface area contributed by atoms with E-state index in [4.69, 9.17) is 16.3 Å². The number of hydrogen-bond acceptors (Lipinski definition) is 5. The van der Waals surface area contributed by atoms with Gasteiger partial charge in [0.25, 0.3) is 10.0 Å². The third-order valence-corrected chi connectivity index (χ3v) is 7.84. The summed E-state index contributed by atoms with van der Waals surface area (Å²) in [6.07, 6.45) is 6.27. The maximum Gasteiger partial charge on any atom is 0.264 e. The number of halogens is 1. The van der Waals surface area contributed by atoms with E-state index in [9.17, 15) is 13.5 Å². The van der Waals surface area contributed by atoms with Gasteiger partial charge in [-0.25, -0.2) is 8.42 Å². The number of nitrogens with zero attached hydrogens (tertiary/aromatic N) is 2. The average Bonchev–Trinajstić information content (AvgIpc) is 2.79. The van der Waals surface area contributed by atoms with Crippen molar-refractivity contribution in [1.82, 2.24) is 4.90 Å². The fraction of sp³-hybridized carbons (Fsp3) is 0.500. The summed E-state index contributed by atoms with van der Waals surface area (Å²) in [6.45, 7) is 3.62. The minimum absolute atomic E-state index is 0.152. The molecule has 0 amide bonds. The Morgan fingerprint density at radius 1 is 1.06 bits per heavy atom. The third-order valence-electron chi connectivity index (χ3n) is 5.79. The number of ether oxygens (including phenoxy) is 1. The second kappa shape index (κ2) is 11.9. The van der Waals surface area contributed by atoms with Gasteiger partial charge in [0.15, 0.2) is 0 Å². The number of unbranched alkanes of at least 4 members (excludes halogenated alkanes) is 3. The van der Waals surface area contributed by atoms with E-state index in [1.54, 1.807) is 36.4 Å². The summed E-state index contributed by atoms with van der Waals surface area (Å²) in [7, 11) is -2.11. The van der Waals surface area contributed by atoms with Gasteiger partial charge in [-0.3, -0.25) is 4.31 Å². The first-order chi connectivity index (χ1) is 15.4. The number of β-amino-alcohol motifs (C(OH)–C–C–N with tert-alkyl or cyclic N) is 1. The molecule has 32 heavy (non-hydrogen) atoms. The summed E-state index contributed by atoms with van der Waals surface area (Å²) >= 11 is 5.86. The SMILES string of the molecule is CN(c1ccc(OCCCCCCN2CCCC(O)C2)cc1)S(=O)(=O)c1ccc(Cl)cc1. The van der Waals surface area contributed by atoms with E-state index in [0.717, 1.165) is 63.9 Å². The van der Waals surface area contributed by atoms with Crippen LogP contribution in [0.25, 0.3) is 0 Å². The molecule has 1 heterocycles. The lowest BCUT2D eigenvalue weighted by Gasteiger charge is -2.29. The van der Waals surface area contributed by atoms with Crippen LogP contribution in [0, 0.1) is 0 Å². The average molecular weight is 481 g/mol. The van der Waals surface area contributed by atoms with E-state index in [1.807, 2.05) is 0 Å². The molecule has 8 heteroatoms. The van der Waals surface area contributed by atoms with Gasteiger partial charge in [0, 0.05) is 18.6 Å². The highest BCUT2D eigenvalue weighted by molar-refractivity contribution is 7.92. The van der Waals surface area contributed by atoms with E-state index >= 15 is 0 Å². The zero-order valence-electron chi connectivity index (χ0n) is 18.6. The second-order valence-electron chi connectivity index (χ2n) is 8.28. The molecule has 1 aliphatic heterocycles. The molecule has 6 nitrogen and oxygen atoms in total. The van der Waals surface area contributed by atoms with Crippen LogP contribution in [0.3, 0.4) is 0 Å². The standard InChI is InChI=1S/C24H33ClN2O4S/c1-26(32(29,30)24-14-8-20(25)9-15-24)21-10-12-23(13-11-21)31-18-5-3-2-4-16-27-17-6-7-22(28)19-27/h8-15,22,28H,2-7,16-19H2,1H3. The Bertz CT molecular complexity index is 935. The molecule has 0 spiro atoms. The fourth-order valence-electron chi connectivity index (χ4n) is 3.87. The number of likely N-dealkylation sites (tertiary alicyclic amines) is 1. The van der Waals surface area contributed by atoms with E-state index < -0.39 is 10.0 Å². The molecule has 1 aliphatic rings. The molecule has 2 aromatic carbocycles. The van der Waals surface area contributed by atoms with Crippen LogP contribution in [0.1, 0.15) is 38.5 Å². The Hall–Kier alpha value is -1.80. The lowest BCUT2D eigenvalue weighted by molar-refractivity contribution is 0.0697. The molecule has 2 aromatic rings. The van der Waals surface area contributed by atoms with E-state index in [0.29, 0.717) is 17.3 Å². The number of sulfonamides is 1. The molecule has 3 rings (SSSR count). The number of anilines is 1. The first-order valence-corrected chi connectivity index (χ1v) is 13.1. The van der Waals surface area contributed by atoms with Crippen LogP contribution in [0.2, 0.25) is 5.02 Å². The summed E-state index contributed by atoms with van der Waals surface area (Å²) in [5.74, 6) is 0.730. The number of benzene rings is 2. The number of rotatable bonds is 11. The Labute approximate surface area is 196 Å².